The van der Waals surface area contributed by atoms with Crippen LogP contribution in [0.4, 0.5) is 5.69 Å². The van der Waals surface area contributed by atoms with Crippen molar-refractivity contribution in [1.82, 2.24) is 0 Å². The predicted molar refractivity (Wildman–Crippen MR) is 83.9 cm³/mol. The Labute approximate surface area is 122 Å². The number of anilines is 1. The number of hydrogen-bond donors (Lipinski definition) is 1. The van der Waals surface area contributed by atoms with Gasteiger partial charge in [-0.1, -0.05) is 37.0 Å². The lowest BCUT2D eigenvalue weighted by molar-refractivity contribution is -0.119. The van der Waals surface area contributed by atoms with Crippen molar-refractivity contribution >= 4 is 11.6 Å². The van der Waals surface area contributed by atoms with Crippen LogP contribution in [-0.2, 0) is 4.79 Å². The Morgan fingerprint density at radius 1 is 1.25 bits per heavy atom. The molecule has 1 aliphatic rings. The Morgan fingerprint density at radius 2 is 1.90 bits per heavy atom. The highest BCUT2D eigenvalue weighted by Gasteiger charge is 2.31. The molecule has 0 spiro atoms. The average molecular weight is 274 g/mol. The molecule has 0 bridgehead atoms. The van der Waals surface area contributed by atoms with Crippen molar-refractivity contribution in [1.29, 1.82) is 0 Å². The van der Waals surface area contributed by atoms with Crippen molar-refractivity contribution in [2.45, 2.75) is 57.9 Å². The van der Waals surface area contributed by atoms with Crippen LogP contribution in [0.25, 0.3) is 0 Å². The molecule has 0 radical (unpaired) electrons. The molecule has 1 aliphatic carbocycles. The Bertz CT molecular complexity index is 490. The molecule has 0 aliphatic heterocycles. The quantitative estimate of drug-likeness (QED) is 0.919. The van der Waals surface area contributed by atoms with Crippen LogP contribution in [0.1, 0.15) is 49.7 Å². The van der Waals surface area contributed by atoms with Gasteiger partial charge < -0.3 is 10.6 Å². The van der Waals surface area contributed by atoms with Crippen molar-refractivity contribution in [3.8, 4) is 0 Å². The molecule has 1 saturated carbocycles. The summed E-state index contributed by atoms with van der Waals surface area (Å²) in [5, 5.41) is 0. The summed E-state index contributed by atoms with van der Waals surface area (Å²) in [7, 11) is 1.85. The molecule has 20 heavy (non-hydrogen) atoms. The molecule has 0 heterocycles. The van der Waals surface area contributed by atoms with Gasteiger partial charge in [-0.05, 0) is 38.3 Å². The molecular weight excluding hydrogens is 248 g/mol. The summed E-state index contributed by atoms with van der Waals surface area (Å²) in [5.74, 6) is 0.126. The first-order valence-corrected chi connectivity index (χ1v) is 7.54. The molecule has 0 saturated heterocycles. The molecule has 0 aromatic heterocycles. The van der Waals surface area contributed by atoms with E-state index in [1.165, 1.54) is 12.0 Å². The molecule has 1 aromatic carbocycles. The van der Waals surface area contributed by atoms with E-state index in [1.54, 1.807) is 4.90 Å². The summed E-state index contributed by atoms with van der Waals surface area (Å²) in [5.41, 5.74) is 9.44. The van der Waals surface area contributed by atoms with Gasteiger partial charge in [0, 0.05) is 24.7 Å². The first kappa shape index (κ1) is 15.0. The van der Waals surface area contributed by atoms with Gasteiger partial charge >= 0.3 is 0 Å². The number of carbonyl (C=O) groups excluding carboxylic acids is 1. The van der Waals surface area contributed by atoms with Crippen molar-refractivity contribution in [2.75, 3.05) is 11.9 Å². The SMILES string of the molecule is Cc1ccc(N(C)C(=O)CC2(N)CCCCC2)c(C)c1. The number of benzene rings is 1. The smallest absolute Gasteiger partial charge is 0.228 e. The lowest BCUT2D eigenvalue weighted by atomic mass is 9.80. The van der Waals surface area contributed by atoms with Crippen LogP contribution < -0.4 is 10.6 Å². The van der Waals surface area contributed by atoms with E-state index in [0.29, 0.717) is 6.42 Å². The maximum atomic E-state index is 12.5. The number of hydrogen-bond acceptors (Lipinski definition) is 2. The van der Waals surface area contributed by atoms with Crippen molar-refractivity contribution in [2.24, 2.45) is 5.73 Å². The zero-order valence-electron chi connectivity index (χ0n) is 12.9. The number of nitrogens with zero attached hydrogens (tertiary/aromatic N) is 1. The van der Waals surface area contributed by atoms with Gasteiger partial charge in [0.15, 0.2) is 0 Å². The summed E-state index contributed by atoms with van der Waals surface area (Å²) >= 11 is 0. The zero-order valence-corrected chi connectivity index (χ0v) is 12.9. The fourth-order valence-corrected chi connectivity index (χ4v) is 3.17. The zero-order chi connectivity index (χ0) is 14.8. The molecule has 1 aromatic rings. The van der Waals surface area contributed by atoms with Crippen molar-refractivity contribution < 1.29 is 4.79 Å². The van der Waals surface area contributed by atoms with E-state index in [-0.39, 0.29) is 11.4 Å². The van der Waals surface area contributed by atoms with Crippen LogP contribution in [0.3, 0.4) is 0 Å². The lowest BCUT2D eigenvalue weighted by Crippen LogP contribution is -2.46. The van der Waals surface area contributed by atoms with Crippen LogP contribution in [-0.4, -0.2) is 18.5 Å². The minimum atomic E-state index is -0.289. The van der Waals surface area contributed by atoms with Crippen LogP contribution in [0.2, 0.25) is 0 Å². The maximum Gasteiger partial charge on any atom is 0.228 e. The Balaban J connectivity index is 2.08. The lowest BCUT2D eigenvalue weighted by Gasteiger charge is -2.34. The maximum absolute atomic E-state index is 12.5. The van der Waals surface area contributed by atoms with Gasteiger partial charge in [0.25, 0.3) is 0 Å². The number of amides is 1. The minimum Gasteiger partial charge on any atom is -0.325 e. The van der Waals surface area contributed by atoms with Gasteiger partial charge in [0.2, 0.25) is 5.91 Å². The van der Waals surface area contributed by atoms with E-state index < -0.39 is 0 Å². The van der Waals surface area contributed by atoms with E-state index in [4.69, 9.17) is 5.73 Å². The largest absolute Gasteiger partial charge is 0.325 e. The summed E-state index contributed by atoms with van der Waals surface area (Å²) in [6, 6.07) is 6.18. The monoisotopic (exact) mass is 274 g/mol. The Kier molecular flexibility index (Phi) is 4.48. The number of aryl methyl sites for hydroxylation is 2. The molecule has 0 unspecified atom stereocenters. The average Bonchev–Trinajstić information content (AvgIpc) is 2.38. The van der Waals surface area contributed by atoms with Gasteiger partial charge in [0.05, 0.1) is 0 Å². The summed E-state index contributed by atoms with van der Waals surface area (Å²) < 4.78 is 0. The Morgan fingerprint density at radius 3 is 2.50 bits per heavy atom. The fraction of sp³-hybridized carbons (Fsp3) is 0.588. The molecule has 2 N–H and O–H groups in total. The van der Waals surface area contributed by atoms with Crippen molar-refractivity contribution in [3.05, 3.63) is 29.3 Å². The summed E-state index contributed by atoms with van der Waals surface area (Å²) in [6.45, 7) is 4.11. The molecular formula is C17H26N2O. The molecule has 2 rings (SSSR count). The topological polar surface area (TPSA) is 46.3 Å². The van der Waals surface area contributed by atoms with Gasteiger partial charge in [-0.25, -0.2) is 0 Å². The molecule has 3 heteroatoms. The first-order valence-electron chi connectivity index (χ1n) is 7.54. The van der Waals surface area contributed by atoms with Gasteiger partial charge in [-0.15, -0.1) is 0 Å². The highest BCUT2D eigenvalue weighted by atomic mass is 16.2. The molecule has 1 fully saturated rings. The highest BCUT2D eigenvalue weighted by molar-refractivity contribution is 5.94. The van der Waals surface area contributed by atoms with Crippen LogP contribution in [0.5, 0.6) is 0 Å². The van der Waals surface area contributed by atoms with Crippen LogP contribution in [0.15, 0.2) is 18.2 Å². The Hall–Kier alpha value is -1.35. The van der Waals surface area contributed by atoms with E-state index in [2.05, 4.69) is 13.0 Å². The highest BCUT2D eigenvalue weighted by Crippen LogP contribution is 2.30. The van der Waals surface area contributed by atoms with Gasteiger partial charge in [0.1, 0.15) is 0 Å². The fourth-order valence-electron chi connectivity index (χ4n) is 3.17. The second-order valence-corrected chi connectivity index (χ2v) is 6.34. The van der Waals surface area contributed by atoms with E-state index in [1.807, 2.05) is 26.1 Å². The summed E-state index contributed by atoms with van der Waals surface area (Å²) in [6.07, 6.45) is 5.95. The van der Waals surface area contributed by atoms with Gasteiger partial charge in [-0.3, -0.25) is 4.79 Å². The second kappa shape index (κ2) is 5.96. The van der Waals surface area contributed by atoms with E-state index >= 15 is 0 Å². The van der Waals surface area contributed by atoms with Crippen LogP contribution >= 0.6 is 0 Å². The first-order chi connectivity index (χ1) is 9.41. The number of nitrogens with two attached hydrogens (primary N) is 1. The standard InChI is InChI=1S/C17H26N2O/c1-13-7-8-15(14(2)11-13)19(3)16(20)12-17(18)9-5-4-6-10-17/h7-8,11H,4-6,9-10,12,18H2,1-3H3. The predicted octanol–water partition coefficient (Wildman–Crippen LogP) is 3.32. The third kappa shape index (κ3) is 3.40. The minimum absolute atomic E-state index is 0.126. The summed E-state index contributed by atoms with van der Waals surface area (Å²) in [4.78, 5) is 14.3. The molecule has 3 nitrogen and oxygen atoms in total. The van der Waals surface area contributed by atoms with Crippen LogP contribution in [0, 0.1) is 13.8 Å². The molecule has 0 atom stereocenters. The number of rotatable bonds is 3. The van der Waals surface area contributed by atoms with Crippen molar-refractivity contribution in [3.63, 3.8) is 0 Å². The molecule has 110 valence electrons. The van der Waals surface area contributed by atoms with Gasteiger partial charge in [-0.2, -0.15) is 0 Å². The molecule has 1 amide bonds. The third-order valence-electron chi connectivity index (χ3n) is 4.44. The normalized spacial score (nSPS) is 17.8. The second-order valence-electron chi connectivity index (χ2n) is 6.34. The third-order valence-corrected chi connectivity index (χ3v) is 4.44. The van der Waals surface area contributed by atoms with E-state index in [9.17, 15) is 4.79 Å². The number of carbonyl (C=O) groups is 1. The van der Waals surface area contributed by atoms with E-state index in [0.717, 1.165) is 36.9 Å².